The van der Waals surface area contributed by atoms with Crippen molar-refractivity contribution in [3.63, 3.8) is 0 Å². The maximum absolute atomic E-state index is 13.6. The van der Waals surface area contributed by atoms with Crippen LogP contribution in [0.2, 0.25) is 0 Å². The fourth-order valence-electron chi connectivity index (χ4n) is 6.09. The van der Waals surface area contributed by atoms with E-state index in [4.69, 9.17) is 10.00 Å². The van der Waals surface area contributed by atoms with Crippen molar-refractivity contribution in [2.45, 2.75) is 64.3 Å². The maximum Gasteiger partial charge on any atom is 0.429 e. The first-order chi connectivity index (χ1) is 24.9. The van der Waals surface area contributed by atoms with E-state index in [2.05, 4.69) is 11.4 Å². The summed E-state index contributed by atoms with van der Waals surface area (Å²) in [6.07, 6.45) is 5.82. The van der Waals surface area contributed by atoms with Crippen molar-refractivity contribution >= 4 is 23.6 Å². The van der Waals surface area contributed by atoms with E-state index in [-0.39, 0.29) is 30.6 Å². The molecule has 11 heteroatoms. The van der Waals surface area contributed by atoms with Crippen molar-refractivity contribution in [3.8, 4) is 22.9 Å². The van der Waals surface area contributed by atoms with Gasteiger partial charge in [0.05, 0.1) is 18.2 Å². The number of aromatic hydroxyl groups is 1. The monoisotopic (exact) mass is 696 g/mol. The summed E-state index contributed by atoms with van der Waals surface area (Å²) in [5, 5.41) is 25.1. The number of rotatable bonds is 19. The summed E-state index contributed by atoms with van der Waals surface area (Å²) in [6.45, 7) is 4.19. The Kier molecular flexibility index (Phi) is 16.3. The largest absolute Gasteiger partial charge is 0.508 e. The third-order valence-corrected chi connectivity index (χ3v) is 8.96. The predicted octanol–water partition coefficient (Wildman–Crippen LogP) is 6.34. The normalized spacial score (nSPS) is 13.0. The highest BCUT2D eigenvalue weighted by Gasteiger charge is 2.28. The maximum atomic E-state index is 13.6. The number of nitriles is 1. The SMILES string of the molecule is CN(CCC#N)CCC(=O)N(CCCCCNC(=O)CCOC(=O)N(c1ccccc1-c1ccccc1)N1CCCCC1)Cc1ccc(O)cc1. The number of benzene rings is 3. The van der Waals surface area contributed by atoms with Crippen LogP contribution in [0.15, 0.2) is 78.9 Å². The van der Waals surface area contributed by atoms with Gasteiger partial charge in [0.1, 0.15) is 12.4 Å². The molecule has 1 aliphatic heterocycles. The molecule has 2 N–H and O–H groups in total. The first kappa shape index (κ1) is 38.9. The fourth-order valence-corrected chi connectivity index (χ4v) is 6.09. The number of piperidine rings is 1. The molecule has 0 aliphatic carbocycles. The Hall–Kier alpha value is -4.92. The summed E-state index contributed by atoms with van der Waals surface area (Å²) in [4.78, 5) is 43.2. The van der Waals surface area contributed by atoms with E-state index >= 15 is 0 Å². The molecule has 3 amide bonds. The van der Waals surface area contributed by atoms with Crippen molar-refractivity contribution in [1.29, 1.82) is 5.26 Å². The number of carbonyl (C=O) groups is 3. The number of amides is 3. The zero-order valence-electron chi connectivity index (χ0n) is 29.8. The smallest absolute Gasteiger partial charge is 0.429 e. The molecule has 0 spiro atoms. The van der Waals surface area contributed by atoms with Crippen molar-refractivity contribution in [1.82, 2.24) is 20.1 Å². The van der Waals surface area contributed by atoms with Crippen LogP contribution < -0.4 is 10.3 Å². The van der Waals surface area contributed by atoms with Crippen LogP contribution in [0, 0.1) is 11.3 Å². The van der Waals surface area contributed by atoms with E-state index < -0.39 is 6.09 Å². The summed E-state index contributed by atoms with van der Waals surface area (Å²) >= 11 is 0. The molecule has 51 heavy (non-hydrogen) atoms. The number of ether oxygens (including phenoxy) is 1. The molecule has 0 saturated carbocycles. The molecule has 1 heterocycles. The van der Waals surface area contributed by atoms with Gasteiger partial charge >= 0.3 is 6.09 Å². The molecule has 1 aliphatic rings. The molecule has 0 radical (unpaired) electrons. The van der Waals surface area contributed by atoms with E-state index in [0.29, 0.717) is 45.6 Å². The minimum Gasteiger partial charge on any atom is -0.508 e. The van der Waals surface area contributed by atoms with Crippen LogP contribution in [0.25, 0.3) is 11.1 Å². The van der Waals surface area contributed by atoms with E-state index in [1.54, 1.807) is 17.1 Å². The van der Waals surface area contributed by atoms with Gasteiger partial charge in [-0.15, -0.1) is 0 Å². The van der Waals surface area contributed by atoms with Crippen LogP contribution in [0.1, 0.15) is 63.4 Å². The van der Waals surface area contributed by atoms with Crippen molar-refractivity contribution in [2.24, 2.45) is 0 Å². The predicted molar refractivity (Wildman–Crippen MR) is 198 cm³/mol. The summed E-state index contributed by atoms with van der Waals surface area (Å²) in [5.41, 5.74) is 3.64. The minimum absolute atomic E-state index is 0.0253. The number of unbranched alkanes of at least 4 members (excludes halogenated alkanes) is 2. The zero-order valence-corrected chi connectivity index (χ0v) is 29.8. The van der Waals surface area contributed by atoms with Gasteiger partial charge in [0.2, 0.25) is 11.8 Å². The second-order valence-corrected chi connectivity index (χ2v) is 12.9. The van der Waals surface area contributed by atoms with Gasteiger partial charge in [-0.25, -0.2) is 14.8 Å². The first-order valence-electron chi connectivity index (χ1n) is 18.1. The van der Waals surface area contributed by atoms with Crippen LogP contribution in [0.4, 0.5) is 10.5 Å². The minimum atomic E-state index is -0.492. The Balaban J connectivity index is 1.21. The summed E-state index contributed by atoms with van der Waals surface area (Å²) in [7, 11) is 1.91. The number of hydrogen-bond acceptors (Lipinski definition) is 8. The van der Waals surface area contributed by atoms with Gasteiger partial charge in [-0.2, -0.15) is 5.26 Å². The van der Waals surface area contributed by atoms with E-state index in [9.17, 15) is 19.5 Å². The Morgan fingerprint density at radius 3 is 2.33 bits per heavy atom. The molecule has 3 aromatic rings. The van der Waals surface area contributed by atoms with Gasteiger partial charge in [-0.1, -0.05) is 67.1 Å². The number of phenolic OH excluding ortho intramolecular Hbond substituents is 1. The van der Waals surface area contributed by atoms with E-state index in [1.165, 1.54) is 0 Å². The van der Waals surface area contributed by atoms with E-state index in [0.717, 1.165) is 74.0 Å². The number of nitrogens with one attached hydrogen (secondary N) is 1. The van der Waals surface area contributed by atoms with Crippen molar-refractivity contribution < 1.29 is 24.2 Å². The van der Waals surface area contributed by atoms with Gasteiger partial charge in [0, 0.05) is 64.2 Å². The molecule has 1 fully saturated rings. The standard InChI is InChI=1S/C40H52N6O5/c1-43(26-13-24-41)30-22-39(49)44(32-33-18-20-35(47)21-19-33)27-10-3-9-25-42-38(48)23-31-51-40(50)46(45-28-11-4-12-29-45)37-17-8-7-16-36(37)34-14-5-2-6-15-34/h2,5-8,14-21,47H,3-4,9-13,22-23,25-32H2,1H3,(H,42,48). The van der Waals surface area contributed by atoms with Crippen LogP contribution >= 0.6 is 0 Å². The molecule has 0 unspecified atom stereocenters. The molecule has 11 nitrogen and oxygen atoms in total. The highest BCUT2D eigenvalue weighted by atomic mass is 16.6. The molecule has 0 atom stereocenters. The van der Waals surface area contributed by atoms with Gasteiger partial charge in [0.15, 0.2) is 0 Å². The Bertz CT molecular complexity index is 1560. The Morgan fingerprint density at radius 2 is 1.59 bits per heavy atom. The Labute approximate surface area is 302 Å². The summed E-state index contributed by atoms with van der Waals surface area (Å²) in [5.74, 6) is 0.0405. The lowest BCUT2D eigenvalue weighted by molar-refractivity contribution is -0.132. The lowest BCUT2D eigenvalue weighted by atomic mass is 10.0. The van der Waals surface area contributed by atoms with Gasteiger partial charge in [0.25, 0.3) is 0 Å². The molecular formula is C40H52N6O5. The third kappa shape index (κ3) is 13.0. The number of hydrogen-bond donors (Lipinski definition) is 2. The number of phenols is 1. The quantitative estimate of drug-likeness (QED) is 0.139. The molecule has 3 aromatic carbocycles. The molecule has 272 valence electrons. The number of hydrazine groups is 1. The molecule has 1 saturated heterocycles. The topological polar surface area (TPSA) is 129 Å². The lowest BCUT2D eigenvalue weighted by Crippen LogP contribution is -2.49. The van der Waals surface area contributed by atoms with Gasteiger partial charge in [-0.05, 0) is 68.5 Å². The highest BCUT2D eigenvalue weighted by molar-refractivity contribution is 5.93. The molecule has 0 aromatic heterocycles. The fraction of sp³-hybridized carbons (Fsp3) is 0.450. The van der Waals surface area contributed by atoms with Crippen molar-refractivity contribution in [3.05, 3.63) is 84.4 Å². The average Bonchev–Trinajstić information content (AvgIpc) is 3.15. The average molecular weight is 697 g/mol. The van der Waals surface area contributed by atoms with Crippen LogP contribution in [0.5, 0.6) is 5.75 Å². The van der Waals surface area contributed by atoms with Crippen LogP contribution in [0.3, 0.4) is 0 Å². The highest BCUT2D eigenvalue weighted by Crippen LogP contribution is 2.33. The lowest BCUT2D eigenvalue weighted by Gasteiger charge is -2.37. The Morgan fingerprint density at radius 1 is 0.863 bits per heavy atom. The third-order valence-electron chi connectivity index (χ3n) is 8.96. The van der Waals surface area contributed by atoms with Gasteiger partial charge in [-0.3, -0.25) is 9.59 Å². The summed E-state index contributed by atoms with van der Waals surface area (Å²) < 4.78 is 5.69. The zero-order chi connectivity index (χ0) is 36.3. The first-order valence-corrected chi connectivity index (χ1v) is 18.1. The van der Waals surface area contributed by atoms with Gasteiger partial charge < -0.3 is 25.0 Å². The van der Waals surface area contributed by atoms with Crippen molar-refractivity contribution in [2.75, 3.05) is 57.9 Å². The molecule has 4 rings (SSSR count). The van der Waals surface area contributed by atoms with Crippen LogP contribution in [-0.4, -0.2) is 90.7 Å². The number of nitrogens with zero attached hydrogens (tertiary/aromatic N) is 5. The van der Waals surface area contributed by atoms with E-state index in [1.807, 2.05) is 88.6 Å². The molecule has 0 bridgehead atoms. The second-order valence-electron chi connectivity index (χ2n) is 12.9. The number of anilines is 1. The molecular weight excluding hydrogens is 644 g/mol. The summed E-state index contributed by atoms with van der Waals surface area (Å²) in [6, 6.07) is 26.8. The second kappa shape index (κ2) is 21.3. The number of para-hydroxylation sites is 1. The van der Waals surface area contributed by atoms with Crippen LogP contribution in [-0.2, 0) is 20.9 Å². The number of carbonyl (C=O) groups excluding carboxylic acids is 3.